The molecule has 0 saturated heterocycles. The number of hydrogen-bond donors (Lipinski definition) is 0. The molecule has 0 aliphatic heterocycles. The van der Waals surface area contributed by atoms with Crippen molar-refractivity contribution in [2.24, 2.45) is 0 Å². The zero-order valence-electron chi connectivity index (χ0n) is 9.05. The zero-order chi connectivity index (χ0) is 13.1. The van der Waals surface area contributed by atoms with E-state index < -0.39 is 18.4 Å². The van der Waals surface area contributed by atoms with Crippen molar-refractivity contribution in [3.63, 3.8) is 0 Å². The van der Waals surface area contributed by atoms with Crippen molar-refractivity contribution >= 4 is 5.69 Å². The number of hydrogen-bond acceptors (Lipinski definition) is 2. The Balaban J connectivity index is 2.87. The lowest BCUT2D eigenvalue weighted by molar-refractivity contribution is -0.132. The fourth-order valence-electron chi connectivity index (χ4n) is 1.36. The second kappa shape index (κ2) is 5.04. The number of alkyl halides is 3. The lowest BCUT2D eigenvalue weighted by Gasteiger charge is -2.21. The standard InChI is InChI=1S/C11H10F4N2/c1-17(6-5-11(13,14)15)10-4-2-3-9(12)8(10)7-16/h2-4H,5-6H2,1H3. The molecule has 17 heavy (non-hydrogen) atoms. The number of rotatable bonds is 3. The largest absolute Gasteiger partial charge is 0.390 e. The van der Waals surface area contributed by atoms with E-state index in [1.165, 1.54) is 24.1 Å². The summed E-state index contributed by atoms with van der Waals surface area (Å²) in [6, 6.07) is 5.51. The SMILES string of the molecule is CN(CCC(F)(F)F)c1cccc(F)c1C#N. The van der Waals surface area contributed by atoms with Gasteiger partial charge in [-0.1, -0.05) is 6.07 Å². The summed E-state index contributed by atoms with van der Waals surface area (Å²) in [7, 11) is 1.39. The maximum Gasteiger partial charge on any atom is 0.390 e. The van der Waals surface area contributed by atoms with E-state index >= 15 is 0 Å². The molecule has 0 N–H and O–H groups in total. The van der Waals surface area contributed by atoms with Gasteiger partial charge in [0.05, 0.1) is 12.1 Å². The van der Waals surface area contributed by atoms with Crippen LogP contribution in [0.2, 0.25) is 0 Å². The van der Waals surface area contributed by atoms with Gasteiger partial charge in [0.1, 0.15) is 17.4 Å². The third-order valence-electron chi connectivity index (χ3n) is 2.25. The monoisotopic (exact) mass is 246 g/mol. The number of anilines is 1. The summed E-state index contributed by atoms with van der Waals surface area (Å²) in [5.74, 6) is -0.733. The zero-order valence-corrected chi connectivity index (χ0v) is 9.05. The molecule has 0 unspecified atom stereocenters. The Labute approximate surface area is 96.1 Å². The molecule has 6 heteroatoms. The van der Waals surface area contributed by atoms with Gasteiger partial charge in [0.15, 0.2) is 0 Å². The Morgan fingerprint density at radius 1 is 1.35 bits per heavy atom. The molecule has 0 fully saturated rings. The van der Waals surface area contributed by atoms with Crippen LogP contribution in [0.25, 0.3) is 0 Å². The van der Waals surface area contributed by atoms with Crippen molar-refractivity contribution in [1.29, 1.82) is 5.26 Å². The minimum atomic E-state index is -4.27. The summed E-state index contributed by atoms with van der Waals surface area (Å²) < 4.78 is 49.3. The molecule has 0 radical (unpaired) electrons. The maximum atomic E-state index is 13.2. The van der Waals surface area contributed by atoms with E-state index in [0.29, 0.717) is 0 Å². The van der Waals surface area contributed by atoms with Crippen LogP contribution in [0.4, 0.5) is 23.2 Å². The van der Waals surface area contributed by atoms with Gasteiger partial charge >= 0.3 is 6.18 Å². The molecule has 0 saturated carbocycles. The highest BCUT2D eigenvalue weighted by Crippen LogP contribution is 2.24. The lowest BCUT2D eigenvalue weighted by Crippen LogP contribution is -2.24. The molecule has 0 atom stereocenters. The second-order valence-electron chi connectivity index (χ2n) is 3.53. The summed E-state index contributed by atoms with van der Waals surface area (Å²) in [4.78, 5) is 1.22. The molecule has 0 aliphatic rings. The quantitative estimate of drug-likeness (QED) is 0.766. The van der Waals surface area contributed by atoms with Crippen LogP contribution in [0, 0.1) is 17.1 Å². The van der Waals surface area contributed by atoms with Gasteiger partial charge in [0.2, 0.25) is 0 Å². The van der Waals surface area contributed by atoms with Crippen LogP contribution >= 0.6 is 0 Å². The van der Waals surface area contributed by atoms with Crippen LogP contribution in [0.1, 0.15) is 12.0 Å². The minimum Gasteiger partial charge on any atom is -0.373 e. The summed E-state index contributed by atoms with van der Waals surface area (Å²) >= 11 is 0. The fraction of sp³-hybridized carbons (Fsp3) is 0.364. The van der Waals surface area contributed by atoms with E-state index in [4.69, 9.17) is 5.26 Å². The highest BCUT2D eigenvalue weighted by molar-refractivity contribution is 5.59. The van der Waals surface area contributed by atoms with Crippen LogP contribution in [0.5, 0.6) is 0 Å². The van der Waals surface area contributed by atoms with Crippen molar-refractivity contribution in [3.05, 3.63) is 29.6 Å². The van der Waals surface area contributed by atoms with E-state index in [1.54, 1.807) is 6.07 Å². The molecule has 1 aromatic rings. The first-order chi connectivity index (χ1) is 7.85. The third kappa shape index (κ3) is 3.63. The van der Waals surface area contributed by atoms with E-state index in [9.17, 15) is 17.6 Å². The van der Waals surface area contributed by atoms with E-state index in [2.05, 4.69) is 0 Å². The number of nitriles is 1. The van der Waals surface area contributed by atoms with Crippen LogP contribution in [0.3, 0.4) is 0 Å². The fourth-order valence-corrected chi connectivity index (χ4v) is 1.36. The van der Waals surface area contributed by atoms with Crippen LogP contribution < -0.4 is 4.90 Å². The first kappa shape index (κ1) is 13.3. The highest BCUT2D eigenvalue weighted by Gasteiger charge is 2.27. The average Bonchev–Trinajstić information content (AvgIpc) is 2.24. The molecule has 0 aliphatic carbocycles. The third-order valence-corrected chi connectivity index (χ3v) is 2.25. The Morgan fingerprint density at radius 3 is 2.53 bits per heavy atom. The molecule has 0 aromatic heterocycles. The predicted molar refractivity (Wildman–Crippen MR) is 55.1 cm³/mol. The molecule has 1 aromatic carbocycles. The van der Waals surface area contributed by atoms with Crippen LogP contribution in [-0.2, 0) is 0 Å². The van der Waals surface area contributed by atoms with E-state index in [-0.39, 0.29) is 17.8 Å². The van der Waals surface area contributed by atoms with Gasteiger partial charge in [-0.25, -0.2) is 4.39 Å². The number of benzene rings is 1. The molecule has 92 valence electrons. The molecular formula is C11H10F4N2. The van der Waals surface area contributed by atoms with E-state index in [0.717, 1.165) is 6.07 Å². The van der Waals surface area contributed by atoms with Gasteiger partial charge in [0.25, 0.3) is 0 Å². The molecular weight excluding hydrogens is 236 g/mol. The Morgan fingerprint density at radius 2 is 2.00 bits per heavy atom. The Hall–Kier alpha value is -1.77. The molecule has 0 amide bonds. The Bertz CT molecular complexity index is 434. The van der Waals surface area contributed by atoms with Crippen LogP contribution in [-0.4, -0.2) is 19.8 Å². The van der Waals surface area contributed by atoms with Crippen molar-refractivity contribution in [2.45, 2.75) is 12.6 Å². The highest BCUT2D eigenvalue weighted by atomic mass is 19.4. The predicted octanol–water partition coefficient (Wildman–Crippen LogP) is 3.09. The number of halogens is 4. The smallest absolute Gasteiger partial charge is 0.373 e. The topological polar surface area (TPSA) is 27.0 Å². The summed E-state index contributed by atoms with van der Waals surface area (Å²) in [6.07, 6.45) is -5.28. The molecule has 0 heterocycles. The van der Waals surface area contributed by atoms with E-state index in [1.807, 2.05) is 0 Å². The maximum absolute atomic E-state index is 13.2. The lowest BCUT2D eigenvalue weighted by atomic mass is 10.1. The summed E-state index contributed by atoms with van der Waals surface area (Å²) in [6.45, 7) is -0.318. The van der Waals surface area contributed by atoms with Crippen LogP contribution in [0.15, 0.2) is 18.2 Å². The molecule has 2 nitrogen and oxygen atoms in total. The first-order valence-electron chi connectivity index (χ1n) is 4.81. The normalized spacial score (nSPS) is 11.1. The van der Waals surface area contributed by atoms with Gasteiger partial charge in [-0.2, -0.15) is 18.4 Å². The summed E-state index contributed by atoms with van der Waals surface area (Å²) in [5, 5.41) is 8.74. The number of nitrogens with zero attached hydrogens (tertiary/aromatic N) is 2. The minimum absolute atomic E-state index is 0.164. The molecule has 0 spiro atoms. The second-order valence-corrected chi connectivity index (χ2v) is 3.53. The molecule has 1 rings (SSSR count). The first-order valence-corrected chi connectivity index (χ1v) is 4.81. The van der Waals surface area contributed by atoms with Crippen molar-refractivity contribution < 1.29 is 17.6 Å². The summed E-state index contributed by atoms with van der Waals surface area (Å²) in [5.41, 5.74) is -0.0751. The van der Waals surface area contributed by atoms with Crippen molar-refractivity contribution in [2.75, 3.05) is 18.5 Å². The van der Waals surface area contributed by atoms with Gasteiger partial charge in [-0.3, -0.25) is 0 Å². The van der Waals surface area contributed by atoms with Gasteiger partial charge in [0, 0.05) is 13.6 Å². The van der Waals surface area contributed by atoms with Gasteiger partial charge in [-0.05, 0) is 12.1 Å². The molecule has 0 bridgehead atoms. The van der Waals surface area contributed by atoms with Crippen molar-refractivity contribution in [3.8, 4) is 6.07 Å². The van der Waals surface area contributed by atoms with Gasteiger partial charge in [-0.15, -0.1) is 0 Å². The van der Waals surface area contributed by atoms with Gasteiger partial charge < -0.3 is 4.90 Å². The van der Waals surface area contributed by atoms with Crippen molar-refractivity contribution in [1.82, 2.24) is 0 Å². The Kier molecular flexibility index (Phi) is 3.94. The average molecular weight is 246 g/mol.